The Morgan fingerprint density at radius 3 is 0.986 bits per heavy atom. The van der Waals surface area contributed by atoms with Crippen molar-refractivity contribution in [1.29, 1.82) is 0 Å². The lowest BCUT2D eigenvalue weighted by Crippen LogP contribution is -2.45. The van der Waals surface area contributed by atoms with Crippen molar-refractivity contribution in [3.8, 4) is 0 Å². The van der Waals surface area contributed by atoms with E-state index >= 15 is 0 Å². The van der Waals surface area contributed by atoms with Gasteiger partial charge in [0.25, 0.3) is 0 Å². The average Bonchev–Trinajstić information content (AvgIpc) is 3.38. The fraction of sp³-hybridized carbons (Fsp3) is 0.939. The number of esters is 1. The first-order chi connectivity index (χ1) is 35.5. The minimum absolute atomic E-state index is 0.0149. The summed E-state index contributed by atoms with van der Waals surface area (Å²) in [6, 6.07) is -0.540. The van der Waals surface area contributed by atoms with Crippen LogP contribution < -0.4 is 5.32 Å². The third-order valence-electron chi connectivity index (χ3n) is 15.6. The molecule has 0 spiro atoms. The van der Waals surface area contributed by atoms with E-state index < -0.39 is 12.1 Å². The van der Waals surface area contributed by atoms with Crippen LogP contribution in [0.1, 0.15) is 373 Å². The van der Waals surface area contributed by atoms with Crippen LogP contribution in [-0.2, 0) is 14.3 Å². The van der Waals surface area contributed by atoms with Crippen molar-refractivity contribution in [1.82, 2.24) is 5.32 Å². The smallest absolute Gasteiger partial charge is 0.305 e. The highest BCUT2D eigenvalue weighted by Gasteiger charge is 2.20. The van der Waals surface area contributed by atoms with E-state index in [9.17, 15) is 19.8 Å². The molecule has 6 heteroatoms. The Hall–Kier alpha value is -1.40. The van der Waals surface area contributed by atoms with Crippen LogP contribution in [0, 0.1) is 0 Å². The van der Waals surface area contributed by atoms with Gasteiger partial charge in [0.1, 0.15) is 0 Å². The van der Waals surface area contributed by atoms with Gasteiger partial charge in [0.05, 0.1) is 25.4 Å². The van der Waals surface area contributed by atoms with Crippen molar-refractivity contribution in [2.75, 3.05) is 13.2 Å². The lowest BCUT2D eigenvalue weighted by Gasteiger charge is -2.22. The van der Waals surface area contributed by atoms with Gasteiger partial charge in [-0.25, -0.2) is 0 Å². The van der Waals surface area contributed by atoms with E-state index in [0.29, 0.717) is 25.9 Å². The molecule has 0 saturated heterocycles. The summed E-state index contributed by atoms with van der Waals surface area (Å²) in [5.41, 5.74) is 0. The fourth-order valence-electron chi connectivity index (χ4n) is 10.5. The highest BCUT2D eigenvalue weighted by molar-refractivity contribution is 5.76. The number of hydrogen-bond acceptors (Lipinski definition) is 5. The first-order valence-corrected chi connectivity index (χ1v) is 32.9. The SMILES string of the molecule is CCCCCCCC/C=C\CCCCCCCCCCCC(=O)OCCCCCCCCCCCCCCCCCCCCCCCCCC(=O)NC(CO)C(O)CCCCCCCCCCCCCCC. The van der Waals surface area contributed by atoms with E-state index in [0.717, 1.165) is 38.5 Å². The maximum Gasteiger partial charge on any atom is 0.305 e. The largest absolute Gasteiger partial charge is 0.466 e. The zero-order valence-corrected chi connectivity index (χ0v) is 48.9. The molecule has 0 rings (SSSR count). The number of carbonyl (C=O) groups excluding carboxylic acids is 2. The summed E-state index contributed by atoms with van der Waals surface area (Å²) >= 11 is 0. The van der Waals surface area contributed by atoms with Crippen LogP contribution in [0.2, 0.25) is 0 Å². The number of unbranched alkanes of at least 4 members (excludes halogenated alkanes) is 49. The number of ether oxygens (including phenoxy) is 1. The molecule has 2 atom stereocenters. The molecule has 0 heterocycles. The van der Waals surface area contributed by atoms with Crippen molar-refractivity contribution in [3.05, 3.63) is 12.2 Å². The van der Waals surface area contributed by atoms with Gasteiger partial charge in [-0.1, -0.05) is 321 Å². The zero-order chi connectivity index (χ0) is 52.2. The Bertz CT molecular complexity index is 1080. The maximum atomic E-state index is 12.5. The Morgan fingerprint density at radius 1 is 0.375 bits per heavy atom. The second kappa shape index (κ2) is 62.1. The Labute approximate surface area is 450 Å². The number of rotatable bonds is 62. The first-order valence-electron chi connectivity index (χ1n) is 32.9. The molecule has 0 saturated carbocycles. The first kappa shape index (κ1) is 70.6. The zero-order valence-electron chi connectivity index (χ0n) is 48.9. The summed E-state index contributed by atoms with van der Waals surface area (Å²) in [5.74, 6) is -0.0175. The molecule has 0 aliphatic carbocycles. The van der Waals surface area contributed by atoms with Gasteiger partial charge in [-0.3, -0.25) is 9.59 Å². The molecule has 3 N–H and O–H groups in total. The number of nitrogens with one attached hydrogen (secondary N) is 1. The lowest BCUT2D eigenvalue weighted by molar-refractivity contribution is -0.143. The van der Waals surface area contributed by atoms with Crippen LogP contribution in [-0.4, -0.2) is 47.4 Å². The van der Waals surface area contributed by atoms with E-state index in [2.05, 4.69) is 31.3 Å². The van der Waals surface area contributed by atoms with Gasteiger partial charge in [-0.2, -0.15) is 0 Å². The minimum Gasteiger partial charge on any atom is -0.466 e. The molecule has 0 radical (unpaired) electrons. The Balaban J connectivity index is 3.34. The third kappa shape index (κ3) is 57.9. The van der Waals surface area contributed by atoms with E-state index in [-0.39, 0.29) is 18.5 Å². The quantitative estimate of drug-likeness (QED) is 0.0320. The monoisotopic (exact) mass is 1020 g/mol. The predicted octanol–water partition coefficient (Wildman–Crippen LogP) is 20.8. The Morgan fingerprint density at radius 2 is 0.653 bits per heavy atom. The van der Waals surface area contributed by atoms with Gasteiger partial charge < -0.3 is 20.3 Å². The number of amides is 1. The molecule has 1 amide bonds. The molecule has 0 aliphatic heterocycles. The number of aliphatic hydroxyl groups is 2. The van der Waals surface area contributed by atoms with Gasteiger partial charge in [-0.15, -0.1) is 0 Å². The van der Waals surface area contributed by atoms with E-state index in [4.69, 9.17) is 4.74 Å². The molecule has 0 aromatic heterocycles. The molecule has 428 valence electrons. The molecule has 0 aromatic carbocycles. The third-order valence-corrected chi connectivity index (χ3v) is 15.6. The molecule has 0 aromatic rings. The lowest BCUT2D eigenvalue weighted by atomic mass is 10.0. The average molecular weight is 1020 g/mol. The molecular formula is C66H129NO5. The van der Waals surface area contributed by atoms with Gasteiger partial charge >= 0.3 is 5.97 Å². The number of carbonyl (C=O) groups is 2. The number of allylic oxidation sites excluding steroid dienone is 2. The minimum atomic E-state index is -0.662. The van der Waals surface area contributed by atoms with Gasteiger partial charge in [0.2, 0.25) is 5.91 Å². The maximum absolute atomic E-state index is 12.5. The van der Waals surface area contributed by atoms with Gasteiger partial charge in [-0.05, 0) is 51.4 Å². The second-order valence-electron chi connectivity index (χ2n) is 22.8. The topological polar surface area (TPSA) is 95.9 Å². The standard InChI is InChI=1S/C66H129NO5/c1-3-5-7-9-11-13-15-17-18-19-25-29-32-36-40-44-48-52-56-60-66(71)72-61-57-53-49-45-41-37-33-30-27-24-22-20-21-23-26-28-31-35-39-43-47-51-55-59-65(70)67-63(62-68)64(69)58-54-50-46-42-38-34-16-14-12-10-8-6-4-2/h17-18,63-64,68-69H,3-16,19-62H2,1-2H3,(H,67,70)/b18-17-. The van der Waals surface area contributed by atoms with E-state index in [1.807, 2.05) is 0 Å². The van der Waals surface area contributed by atoms with Crippen molar-refractivity contribution in [3.63, 3.8) is 0 Å². The summed E-state index contributed by atoms with van der Waals surface area (Å²) in [6.07, 6.45) is 75.2. The van der Waals surface area contributed by atoms with Crippen LogP contribution in [0.3, 0.4) is 0 Å². The van der Waals surface area contributed by atoms with Crippen LogP contribution in [0.15, 0.2) is 12.2 Å². The molecule has 6 nitrogen and oxygen atoms in total. The van der Waals surface area contributed by atoms with E-state index in [1.165, 1.54) is 302 Å². The normalized spacial score (nSPS) is 12.6. The Kier molecular flexibility index (Phi) is 60.9. The number of aliphatic hydroxyl groups excluding tert-OH is 2. The van der Waals surface area contributed by atoms with Gasteiger partial charge in [0, 0.05) is 12.8 Å². The predicted molar refractivity (Wildman–Crippen MR) is 315 cm³/mol. The molecular weight excluding hydrogens is 887 g/mol. The van der Waals surface area contributed by atoms with Crippen molar-refractivity contribution in [2.45, 2.75) is 386 Å². The van der Waals surface area contributed by atoms with Crippen molar-refractivity contribution < 1.29 is 24.5 Å². The summed E-state index contributed by atoms with van der Waals surface area (Å²) in [6.45, 7) is 4.97. The van der Waals surface area contributed by atoms with Crippen molar-refractivity contribution in [2.24, 2.45) is 0 Å². The molecule has 0 bridgehead atoms. The van der Waals surface area contributed by atoms with Gasteiger partial charge in [0.15, 0.2) is 0 Å². The molecule has 2 unspecified atom stereocenters. The highest BCUT2D eigenvalue weighted by atomic mass is 16.5. The highest BCUT2D eigenvalue weighted by Crippen LogP contribution is 2.19. The van der Waals surface area contributed by atoms with Crippen LogP contribution in [0.5, 0.6) is 0 Å². The van der Waals surface area contributed by atoms with Crippen molar-refractivity contribution >= 4 is 11.9 Å². The van der Waals surface area contributed by atoms with Crippen LogP contribution in [0.4, 0.5) is 0 Å². The fourth-order valence-corrected chi connectivity index (χ4v) is 10.5. The second-order valence-corrected chi connectivity index (χ2v) is 22.8. The number of hydrogen-bond donors (Lipinski definition) is 3. The van der Waals surface area contributed by atoms with Crippen LogP contribution in [0.25, 0.3) is 0 Å². The summed E-state index contributed by atoms with van der Waals surface area (Å²) in [4.78, 5) is 24.6. The summed E-state index contributed by atoms with van der Waals surface area (Å²) in [5, 5.41) is 23.3. The summed E-state index contributed by atoms with van der Waals surface area (Å²) in [7, 11) is 0. The van der Waals surface area contributed by atoms with Crippen LogP contribution >= 0.6 is 0 Å². The molecule has 72 heavy (non-hydrogen) atoms. The molecule has 0 aliphatic rings. The van der Waals surface area contributed by atoms with E-state index in [1.54, 1.807) is 0 Å². The summed E-state index contributed by atoms with van der Waals surface area (Å²) < 4.78 is 5.51. The molecule has 0 fully saturated rings.